The van der Waals surface area contributed by atoms with Crippen LogP contribution in [0.3, 0.4) is 0 Å². The quantitative estimate of drug-likeness (QED) is 0.810. The molecule has 100 valence electrons. The maximum atomic E-state index is 11.4. The molecule has 0 spiro atoms. The molecule has 1 aliphatic heterocycles. The van der Waals surface area contributed by atoms with Crippen LogP contribution in [0.1, 0.15) is 5.56 Å². The second-order valence-electron chi connectivity index (χ2n) is 3.94. The second kappa shape index (κ2) is 5.38. The summed E-state index contributed by atoms with van der Waals surface area (Å²) in [6.07, 6.45) is 3.02. The van der Waals surface area contributed by atoms with E-state index < -0.39 is 5.72 Å². The second-order valence-corrected chi connectivity index (χ2v) is 4.35. The van der Waals surface area contributed by atoms with Crippen LogP contribution in [0.25, 0.3) is 0 Å². The summed E-state index contributed by atoms with van der Waals surface area (Å²) < 4.78 is 10.6. The fraction of sp³-hybridized carbons (Fsp3) is 0.231. The van der Waals surface area contributed by atoms with Gasteiger partial charge in [-0.2, -0.15) is 0 Å². The summed E-state index contributed by atoms with van der Waals surface area (Å²) >= 11 is 5.05. The molecule has 1 aromatic rings. The topological polar surface area (TPSA) is 59.6 Å². The maximum absolute atomic E-state index is 11.4. The minimum Gasteiger partial charge on any atom is -0.497 e. The smallest absolute Gasteiger partial charge is 0.249 e. The van der Waals surface area contributed by atoms with Crippen molar-refractivity contribution in [1.29, 1.82) is 0 Å². The molecule has 2 N–H and O–H groups in total. The zero-order chi connectivity index (χ0) is 13.9. The lowest BCUT2D eigenvalue weighted by Crippen LogP contribution is -2.48. The van der Waals surface area contributed by atoms with Gasteiger partial charge in [0, 0.05) is 18.7 Å². The molecule has 0 saturated heterocycles. The zero-order valence-electron chi connectivity index (χ0n) is 10.6. The van der Waals surface area contributed by atoms with Crippen LogP contribution in [-0.4, -0.2) is 25.2 Å². The zero-order valence-corrected chi connectivity index (χ0v) is 11.4. The molecular formula is C13H14N2O3S. The van der Waals surface area contributed by atoms with Crippen LogP contribution in [0.5, 0.6) is 5.75 Å². The molecule has 1 aromatic carbocycles. The highest BCUT2D eigenvalue weighted by molar-refractivity contribution is 7.80. The van der Waals surface area contributed by atoms with Gasteiger partial charge in [-0.05, 0) is 30.4 Å². The Hall–Kier alpha value is -1.92. The number of nitrogens with one attached hydrogen (secondary N) is 2. The number of methoxy groups -OCH3 is 2. The summed E-state index contributed by atoms with van der Waals surface area (Å²) in [7, 11) is 3.14. The Morgan fingerprint density at radius 2 is 1.89 bits per heavy atom. The molecule has 1 heterocycles. The number of thiocarbonyl (C=S) groups is 1. The number of hydrogen-bond donors (Lipinski definition) is 2. The average molecular weight is 278 g/mol. The molecule has 6 heteroatoms. The van der Waals surface area contributed by atoms with E-state index in [1.807, 2.05) is 24.3 Å². The van der Waals surface area contributed by atoms with E-state index in [4.69, 9.17) is 21.7 Å². The first kappa shape index (κ1) is 13.5. The average Bonchev–Trinajstić information content (AvgIpc) is 2.58. The van der Waals surface area contributed by atoms with Crippen molar-refractivity contribution >= 4 is 23.2 Å². The van der Waals surface area contributed by atoms with E-state index in [1.54, 1.807) is 20.3 Å². The van der Waals surface area contributed by atoms with E-state index in [-0.39, 0.29) is 11.0 Å². The van der Waals surface area contributed by atoms with Crippen molar-refractivity contribution in [3.63, 3.8) is 0 Å². The Morgan fingerprint density at radius 1 is 1.21 bits per heavy atom. The summed E-state index contributed by atoms with van der Waals surface area (Å²) in [6.45, 7) is 0. The number of benzene rings is 1. The van der Waals surface area contributed by atoms with Gasteiger partial charge in [0.2, 0.25) is 5.91 Å². The molecule has 1 unspecified atom stereocenters. The summed E-state index contributed by atoms with van der Waals surface area (Å²) in [5, 5.41) is 5.70. The van der Waals surface area contributed by atoms with Gasteiger partial charge in [0.1, 0.15) is 5.75 Å². The number of hydrogen-bond acceptors (Lipinski definition) is 4. The lowest BCUT2D eigenvalue weighted by molar-refractivity contribution is -0.115. The van der Waals surface area contributed by atoms with Gasteiger partial charge < -0.3 is 14.8 Å². The number of ether oxygens (including phenoxy) is 2. The molecule has 0 aliphatic carbocycles. The molecule has 2 rings (SSSR count). The summed E-state index contributed by atoms with van der Waals surface area (Å²) in [4.78, 5) is 11.4. The first-order valence-corrected chi connectivity index (χ1v) is 6.02. The number of amides is 1. The van der Waals surface area contributed by atoms with Gasteiger partial charge in [-0.3, -0.25) is 10.1 Å². The van der Waals surface area contributed by atoms with Crippen LogP contribution in [-0.2, 0) is 15.3 Å². The molecule has 0 radical (unpaired) electrons. The lowest BCUT2D eigenvalue weighted by atomic mass is 10.0. The van der Waals surface area contributed by atoms with Crippen LogP contribution in [0.15, 0.2) is 36.4 Å². The van der Waals surface area contributed by atoms with Crippen molar-refractivity contribution in [1.82, 2.24) is 10.6 Å². The molecule has 0 fully saturated rings. The Kier molecular flexibility index (Phi) is 3.82. The van der Waals surface area contributed by atoms with Crippen molar-refractivity contribution in [2.45, 2.75) is 5.72 Å². The molecule has 0 aromatic heterocycles. The van der Waals surface area contributed by atoms with Crippen LogP contribution in [0.2, 0.25) is 0 Å². The predicted molar refractivity (Wildman–Crippen MR) is 74.7 cm³/mol. The van der Waals surface area contributed by atoms with Gasteiger partial charge in [0.15, 0.2) is 10.8 Å². The van der Waals surface area contributed by atoms with Crippen LogP contribution in [0, 0.1) is 0 Å². The molecule has 0 saturated carbocycles. The normalized spacial score (nSPS) is 22.4. The molecule has 0 bridgehead atoms. The van der Waals surface area contributed by atoms with Crippen LogP contribution >= 0.6 is 12.2 Å². The number of carbonyl (C=O) groups excluding carboxylic acids is 1. The molecule has 1 aliphatic rings. The molecule has 1 amide bonds. The summed E-state index contributed by atoms with van der Waals surface area (Å²) in [5.41, 5.74) is -0.159. The van der Waals surface area contributed by atoms with Crippen molar-refractivity contribution in [3.05, 3.63) is 42.0 Å². The number of rotatable bonds is 3. The van der Waals surface area contributed by atoms with Crippen molar-refractivity contribution in [2.75, 3.05) is 14.2 Å². The third-order valence-corrected chi connectivity index (χ3v) is 3.05. The summed E-state index contributed by atoms with van der Waals surface area (Å²) in [6, 6.07) is 7.32. The molecule has 1 atom stereocenters. The van der Waals surface area contributed by atoms with Gasteiger partial charge in [0.25, 0.3) is 0 Å². The van der Waals surface area contributed by atoms with Gasteiger partial charge in [-0.15, -0.1) is 0 Å². The van der Waals surface area contributed by atoms with E-state index in [0.29, 0.717) is 0 Å². The maximum Gasteiger partial charge on any atom is 0.249 e. The van der Waals surface area contributed by atoms with Gasteiger partial charge in [0.05, 0.1) is 7.11 Å². The van der Waals surface area contributed by atoms with E-state index in [9.17, 15) is 4.79 Å². The summed E-state index contributed by atoms with van der Waals surface area (Å²) in [5.74, 6) is 0.453. The molecular weight excluding hydrogens is 264 g/mol. The Labute approximate surface area is 116 Å². The van der Waals surface area contributed by atoms with E-state index >= 15 is 0 Å². The predicted octanol–water partition coefficient (Wildman–Crippen LogP) is 1.05. The van der Waals surface area contributed by atoms with Crippen molar-refractivity contribution < 1.29 is 14.3 Å². The lowest BCUT2D eigenvalue weighted by Gasteiger charge is -2.30. The van der Waals surface area contributed by atoms with Gasteiger partial charge >= 0.3 is 0 Å². The highest BCUT2D eigenvalue weighted by atomic mass is 32.1. The van der Waals surface area contributed by atoms with Gasteiger partial charge in [-0.1, -0.05) is 12.1 Å². The fourth-order valence-electron chi connectivity index (χ4n) is 1.83. The minimum atomic E-state index is -0.970. The van der Waals surface area contributed by atoms with Crippen molar-refractivity contribution in [2.24, 2.45) is 0 Å². The minimum absolute atomic E-state index is 0.215. The van der Waals surface area contributed by atoms with Gasteiger partial charge in [-0.25, -0.2) is 0 Å². The molecule has 19 heavy (non-hydrogen) atoms. The highest BCUT2D eigenvalue weighted by Gasteiger charge is 2.32. The first-order valence-electron chi connectivity index (χ1n) is 5.62. The van der Waals surface area contributed by atoms with E-state index in [1.165, 1.54) is 6.08 Å². The van der Waals surface area contributed by atoms with E-state index in [0.717, 1.165) is 11.3 Å². The SMILES string of the molecule is COc1ccc(C2(OC)C=CC(=O)NC(=S)N2)cc1. The fourth-order valence-corrected chi connectivity index (χ4v) is 2.08. The Bertz CT molecular complexity index is 527. The van der Waals surface area contributed by atoms with Crippen molar-refractivity contribution in [3.8, 4) is 5.75 Å². The van der Waals surface area contributed by atoms with E-state index in [2.05, 4.69) is 10.6 Å². The Morgan fingerprint density at radius 3 is 2.47 bits per heavy atom. The van der Waals surface area contributed by atoms with Crippen LogP contribution < -0.4 is 15.4 Å². The molecule has 5 nitrogen and oxygen atoms in total. The third kappa shape index (κ3) is 2.74. The Balaban J connectivity index is 2.42. The number of carbonyl (C=O) groups is 1. The van der Waals surface area contributed by atoms with Crippen LogP contribution in [0.4, 0.5) is 0 Å². The monoisotopic (exact) mass is 278 g/mol. The third-order valence-electron chi connectivity index (χ3n) is 2.85. The highest BCUT2D eigenvalue weighted by Crippen LogP contribution is 2.26. The first-order chi connectivity index (χ1) is 9.09. The largest absolute Gasteiger partial charge is 0.497 e. The standard InChI is InChI=1S/C13H14N2O3S/c1-17-10-5-3-9(4-6-10)13(18-2)8-7-11(16)14-12(19)15-13/h3-8H,1-2H3,(H2,14,15,16,19).